The molecule has 15 heteroatoms. The van der Waals surface area contributed by atoms with Gasteiger partial charge in [0, 0.05) is 17.7 Å². The Balaban J connectivity index is 1.45. The topological polar surface area (TPSA) is 105 Å². The number of anilines is 1. The van der Waals surface area contributed by atoms with Crippen molar-refractivity contribution in [2.75, 3.05) is 30.4 Å². The van der Waals surface area contributed by atoms with Crippen LogP contribution in [0.4, 0.5) is 32.0 Å². The molecule has 3 atom stereocenters. The normalized spacial score (nSPS) is 18.1. The minimum absolute atomic E-state index is 0.0792. The van der Waals surface area contributed by atoms with Gasteiger partial charge in [-0.3, -0.25) is 9.53 Å². The van der Waals surface area contributed by atoms with Gasteiger partial charge in [0.15, 0.2) is 9.84 Å². The van der Waals surface area contributed by atoms with E-state index in [1.807, 2.05) is 0 Å². The first-order chi connectivity index (χ1) is 21.1. The molecule has 0 saturated carbocycles. The molecule has 4 rings (SSSR count). The predicted molar refractivity (Wildman–Crippen MR) is 152 cm³/mol. The molecular formula is C30H30F6N2O6S. The minimum atomic E-state index is -4.88. The van der Waals surface area contributed by atoms with Crippen molar-refractivity contribution in [3.8, 4) is 5.75 Å². The van der Waals surface area contributed by atoms with E-state index in [9.17, 15) is 44.7 Å². The molecule has 244 valence electrons. The van der Waals surface area contributed by atoms with Crippen LogP contribution in [0.3, 0.4) is 0 Å². The number of nitrogens with zero attached hydrogens (tertiary/aromatic N) is 1. The summed E-state index contributed by atoms with van der Waals surface area (Å²) < 4.78 is 111. The molecule has 45 heavy (non-hydrogen) atoms. The van der Waals surface area contributed by atoms with Crippen LogP contribution in [0.1, 0.15) is 40.9 Å². The van der Waals surface area contributed by atoms with Crippen molar-refractivity contribution in [2.45, 2.75) is 49.0 Å². The second-order valence-corrected chi connectivity index (χ2v) is 12.6. The highest BCUT2D eigenvalue weighted by molar-refractivity contribution is 7.91. The van der Waals surface area contributed by atoms with Gasteiger partial charge in [-0.1, -0.05) is 19.1 Å². The van der Waals surface area contributed by atoms with Gasteiger partial charge in [0.05, 0.1) is 48.1 Å². The monoisotopic (exact) mass is 660 g/mol. The van der Waals surface area contributed by atoms with Crippen LogP contribution in [-0.4, -0.2) is 63.5 Å². The van der Waals surface area contributed by atoms with Crippen LogP contribution in [0.25, 0.3) is 0 Å². The van der Waals surface area contributed by atoms with E-state index in [-0.39, 0.29) is 34.9 Å². The summed E-state index contributed by atoms with van der Waals surface area (Å²) >= 11 is 0. The molecule has 2 N–H and O–H groups in total. The molecule has 1 amide bonds. The lowest BCUT2D eigenvalue weighted by atomic mass is 10.1. The highest BCUT2D eigenvalue weighted by Crippen LogP contribution is 2.33. The number of rotatable bonds is 11. The van der Waals surface area contributed by atoms with Crippen LogP contribution in [0.5, 0.6) is 5.75 Å². The van der Waals surface area contributed by atoms with E-state index in [2.05, 4.69) is 10.1 Å². The number of ether oxygens (including phenoxy) is 2. The molecule has 0 bridgehead atoms. The number of hydrogen-bond acceptors (Lipinski definition) is 7. The number of carbonyl (C=O) groups excluding carboxylic acids is 1. The summed E-state index contributed by atoms with van der Waals surface area (Å²) in [5.74, 6) is -0.520. The molecule has 0 aromatic heterocycles. The van der Waals surface area contributed by atoms with Gasteiger partial charge in [-0.25, -0.2) is 8.42 Å². The zero-order chi connectivity index (χ0) is 33.0. The van der Waals surface area contributed by atoms with Crippen LogP contribution in [-0.2, 0) is 20.8 Å². The van der Waals surface area contributed by atoms with Crippen LogP contribution >= 0.6 is 0 Å². The number of sulfone groups is 1. The molecule has 0 aliphatic carbocycles. The third-order valence-electron chi connectivity index (χ3n) is 7.27. The van der Waals surface area contributed by atoms with Gasteiger partial charge >= 0.3 is 12.5 Å². The summed E-state index contributed by atoms with van der Waals surface area (Å²) in [6, 6.07) is 14.0. The summed E-state index contributed by atoms with van der Waals surface area (Å²) in [6.45, 7) is 0.406. The van der Waals surface area contributed by atoms with Crippen LogP contribution < -0.4 is 15.0 Å². The maximum Gasteiger partial charge on any atom is 0.522 e. The number of carbonyl (C=O) groups is 1. The molecular weight excluding hydrogens is 630 g/mol. The Hall–Kier alpha value is -3.82. The lowest BCUT2D eigenvalue weighted by Gasteiger charge is -2.26. The highest BCUT2D eigenvalue weighted by Gasteiger charge is 2.38. The van der Waals surface area contributed by atoms with E-state index in [1.165, 1.54) is 55.5 Å². The summed E-state index contributed by atoms with van der Waals surface area (Å²) in [5, 5.41) is 12.5. The van der Waals surface area contributed by atoms with E-state index in [0.717, 1.165) is 24.3 Å². The van der Waals surface area contributed by atoms with Gasteiger partial charge in [0.2, 0.25) is 0 Å². The van der Waals surface area contributed by atoms with Gasteiger partial charge in [0.25, 0.3) is 5.91 Å². The maximum absolute atomic E-state index is 12.9. The van der Waals surface area contributed by atoms with E-state index < -0.39 is 65.2 Å². The van der Waals surface area contributed by atoms with Gasteiger partial charge in [-0.05, 0) is 66.2 Å². The van der Waals surface area contributed by atoms with Crippen molar-refractivity contribution in [1.29, 1.82) is 0 Å². The van der Waals surface area contributed by atoms with Crippen molar-refractivity contribution < 1.29 is 54.1 Å². The van der Waals surface area contributed by atoms with Gasteiger partial charge in [-0.2, -0.15) is 13.2 Å². The SMILES string of the molecule is CCS(=O)(=O)c1ccc([C@H](CO)NC(=O)c2ccc(N3C[C@@H](Oc4ccc(C(F)(F)F)cc4)C[C@H]3COC(F)(F)F)cc2)cc1. The standard InChI is InChI=1S/C30H30F6N2O6S/c1-2-45(41,42)26-13-5-19(6-14-26)27(17-39)37-28(40)20-3-9-22(10-4-20)38-16-25(15-23(38)18-43-30(34,35)36)44-24-11-7-21(8-12-24)29(31,32)33/h3-14,23,25,27,39H,2,15-18H2,1H3,(H,37,40)/t23-,25-,27-/m0/s1. The average Bonchev–Trinajstić information content (AvgIpc) is 3.40. The van der Waals surface area contributed by atoms with Gasteiger partial charge < -0.3 is 20.1 Å². The summed E-state index contributed by atoms with van der Waals surface area (Å²) in [6.07, 6.45) is -10.0. The number of amides is 1. The Morgan fingerprint density at radius 3 is 2.13 bits per heavy atom. The second kappa shape index (κ2) is 13.7. The first-order valence-electron chi connectivity index (χ1n) is 13.8. The Bertz CT molecular complexity index is 1550. The molecule has 0 spiro atoms. The minimum Gasteiger partial charge on any atom is -0.489 e. The number of nitrogens with one attached hydrogen (secondary N) is 1. The summed E-state index contributed by atoms with van der Waals surface area (Å²) in [4.78, 5) is 14.7. The van der Waals surface area contributed by atoms with Gasteiger partial charge in [0.1, 0.15) is 11.9 Å². The zero-order valence-electron chi connectivity index (χ0n) is 23.8. The van der Waals surface area contributed by atoms with Crippen molar-refractivity contribution in [3.63, 3.8) is 0 Å². The quantitative estimate of drug-likeness (QED) is 0.261. The molecule has 0 unspecified atom stereocenters. The smallest absolute Gasteiger partial charge is 0.489 e. The number of benzene rings is 3. The number of halogens is 6. The molecule has 1 fully saturated rings. The van der Waals surface area contributed by atoms with Crippen molar-refractivity contribution in [1.82, 2.24) is 5.32 Å². The Morgan fingerprint density at radius 2 is 1.60 bits per heavy atom. The van der Waals surface area contributed by atoms with Crippen molar-refractivity contribution >= 4 is 21.4 Å². The lowest BCUT2D eigenvalue weighted by Crippen LogP contribution is -2.35. The third kappa shape index (κ3) is 8.89. The maximum atomic E-state index is 12.9. The molecule has 3 aromatic rings. The fourth-order valence-electron chi connectivity index (χ4n) is 4.89. The average molecular weight is 661 g/mol. The molecule has 1 aliphatic heterocycles. The molecule has 1 aliphatic rings. The number of alkyl halides is 6. The van der Waals surface area contributed by atoms with E-state index >= 15 is 0 Å². The van der Waals surface area contributed by atoms with Gasteiger partial charge in [-0.15, -0.1) is 13.2 Å². The predicted octanol–water partition coefficient (Wildman–Crippen LogP) is 5.53. The van der Waals surface area contributed by atoms with Crippen LogP contribution in [0.15, 0.2) is 77.7 Å². The Morgan fingerprint density at radius 1 is 0.978 bits per heavy atom. The number of aliphatic hydroxyl groups is 1. The lowest BCUT2D eigenvalue weighted by molar-refractivity contribution is -0.325. The third-order valence-corrected chi connectivity index (χ3v) is 9.02. The Labute approximate surface area is 255 Å². The number of aliphatic hydroxyl groups excluding tert-OH is 1. The molecule has 1 saturated heterocycles. The molecule has 8 nitrogen and oxygen atoms in total. The highest BCUT2D eigenvalue weighted by atomic mass is 32.2. The zero-order valence-corrected chi connectivity index (χ0v) is 24.6. The van der Waals surface area contributed by atoms with E-state index in [1.54, 1.807) is 4.90 Å². The first kappa shape index (κ1) is 34.1. The van der Waals surface area contributed by atoms with E-state index in [4.69, 9.17) is 4.74 Å². The second-order valence-electron chi connectivity index (χ2n) is 10.3. The fraction of sp³-hybridized carbons (Fsp3) is 0.367. The molecule has 3 aromatic carbocycles. The van der Waals surface area contributed by atoms with Crippen LogP contribution in [0, 0.1) is 0 Å². The first-order valence-corrected chi connectivity index (χ1v) is 15.4. The van der Waals surface area contributed by atoms with Crippen molar-refractivity contribution in [2.24, 2.45) is 0 Å². The summed E-state index contributed by atoms with van der Waals surface area (Å²) in [5.41, 5.74) is 0.241. The fourth-order valence-corrected chi connectivity index (χ4v) is 5.78. The number of hydrogen-bond donors (Lipinski definition) is 2. The largest absolute Gasteiger partial charge is 0.522 e. The van der Waals surface area contributed by atoms with Crippen molar-refractivity contribution in [3.05, 3.63) is 89.5 Å². The molecule has 1 heterocycles. The summed E-state index contributed by atoms with van der Waals surface area (Å²) in [7, 11) is -3.43. The molecule has 0 radical (unpaired) electrons. The van der Waals surface area contributed by atoms with E-state index in [0.29, 0.717) is 11.3 Å². The van der Waals surface area contributed by atoms with Crippen LogP contribution in [0.2, 0.25) is 0 Å². The Kier molecular flexibility index (Phi) is 10.3.